The Bertz CT molecular complexity index is 439. The molecule has 0 spiro atoms. The minimum atomic E-state index is -0.129. The molecule has 0 N–H and O–H groups in total. The van der Waals surface area contributed by atoms with E-state index >= 15 is 0 Å². The normalized spacial score (nSPS) is 13.0. The fourth-order valence-corrected chi connectivity index (χ4v) is 2.36. The van der Waals surface area contributed by atoms with E-state index in [0.717, 1.165) is 25.7 Å². The summed E-state index contributed by atoms with van der Waals surface area (Å²) in [7, 11) is 1.43. The van der Waals surface area contributed by atoms with E-state index in [0.29, 0.717) is 6.42 Å². The lowest BCUT2D eigenvalue weighted by Gasteiger charge is -2.14. The number of unbranched alkanes of at least 4 members (excludes halogenated alkanes) is 4. The molecule has 0 aliphatic heterocycles. The summed E-state index contributed by atoms with van der Waals surface area (Å²) in [6, 6.07) is 0. The van der Waals surface area contributed by atoms with Crippen LogP contribution in [-0.2, 0) is 9.53 Å². The van der Waals surface area contributed by atoms with Gasteiger partial charge in [-0.25, -0.2) is 0 Å². The van der Waals surface area contributed by atoms with Gasteiger partial charge in [-0.05, 0) is 38.5 Å². The van der Waals surface area contributed by atoms with E-state index in [1.165, 1.54) is 32.8 Å². The van der Waals surface area contributed by atoms with Crippen LogP contribution in [0.2, 0.25) is 0 Å². The molecule has 2 heteroatoms. The highest BCUT2D eigenvalue weighted by Gasteiger charge is 2.07. The molecule has 25 heavy (non-hydrogen) atoms. The zero-order valence-corrected chi connectivity index (χ0v) is 16.8. The summed E-state index contributed by atoms with van der Waals surface area (Å²) in [6.45, 7) is 6.63. The lowest BCUT2D eigenvalue weighted by Crippen LogP contribution is -2.02. The fraction of sp³-hybridized carbons (Fsp3) is 0.609. The largest absolute Gasteiger partial charge is 0.469 e. The molecular weight excluding hydrogens is 308 g/mol. The SMILES string of the molecule is CCCCC/C=C\C/C=C\C/C=C\C(C)(C)/C=C\CCCC(=O)OC. The summed E-state index contributed by atoms with van der Waals surface area (Å²) in [5.41, 5.74) is 0.0539. The van der Waals surface area contributed by atoms with E-state index in [2.05, 4.69) is 74.1 Å². The summed E-state index contributed by atoms with van der Waals surface area (Å²) in [5, 5.41) is 0. The first-order valence-electron chi connectivity index (χ1n) is 9.74. The second-order valence-electron chi connectivity index (χ2n) is 7.00. The van der Waals surface area contributed by atoms with Crippen molar-refractivity contribution in [3.63, 3.8) is 0 Å². The van der Waals surface area contributed by atoms with Crippen molar-refractivity contribution in [2.75, 3.05) is 7.11 Å². The van der Waals surface area contributed by atoms with Crippen LogP contribution < -0.4 is 0 Å². The monoisotopic (exact) mass is 346 g/mol. The third-order valence-corrected chi connectivity index (χ3v) is 3.93. The molecule has 0 aliphatic carbocycles. The summed E-state index contributed by atoms with van der Waals surface area (Å²) in [6.07, 6.45) is 27.3. The summed E-state index contributed by atoms with van der Waals surface area (Å²) in [5.74, 6) is -0.129. The second kappa shape index (κ2) is 15.9. The highest BCUT2D eigenvalue weighted by Crippen LogP contribution is 2.20. The van der Waals surface area contributed by atoms with Crippen molar-refractivity contribution in [2.24, 2.45) is 5.41 Å². The van der Waals surface area contributed by atoms with Gasteiger partial charge in [0, 0.05) is 11.8 Å². The van der Waals surface area contributed by atoms with Gasteiger partial charge in [0.05, 0.1) is 7.11 Å². The van der Waals surface area contributed by atoms with E-state index in [1.54, 1.807) is 0 Å². The van der Waals surface area contributed by atoms with Crippen molar-refractivity contribution in [1.29, 1.82) is 0 Å². The smallest absolute Gasteiger partial charge is 0.305 e. The van der Waals surface area contributed by atoms with Gasteiger partial charge in [0.1, 0.15) is 0 Å². The van der Waals surface area contributed by atoms with Crippen molar-refractivity contribution in [1.82, 2.24) is 0 Å². The second-order valence-corrected chi connectivity index (χ2v) is 7.00. The molecule has 0 aromatic carbocycles. The first-order valence-corrected chi connectivity index (χ1v) is 9.74. The molecular formula is C23H38O2. The molecule has 0 saturated heterocycles. The van der Waals surface area contributed by atoms with Crippen LogP contribution in [0.1, 0.15) is 78.6 Å². The first-order chi connectivity index (χ1) is 12.0. The molecule has 0 fully saturated rings. The molecule has 142 valence electrons. The van der Waals surface area contributed by atoms with Crippen LogP contribution in [0.3, 0.4) is 0 Å². The van der Waals surface area contributed by atoms with E-state index in [1.807, 2.05) is 0 Å². The van der Waals surface area contributed by atoms with Crippen molar-refractivity contribution < 1.29 is 9.53 Å². The number of allylic oxidation sites excluding steroid dienone is 8. The number of esters is 1. The predicted molar refractivity (Wildman–Crippen MR) is 110 cm³/mol. The summed E-state index contributed by atoms with van der Waals surface area (Å²) < 4.78 is 4.64. The lowest BCUT2D eigenvalue weighted by molar-refractivity contribution is -0.140. The van der Waals surface area contributed by atoms with E-state index in [4.69, 9.17) is 0 Å². The highest BCUT2D eigenvalue weighted by molar-refractivity contribution is 5.69. The molecule has 2 nitrogen and oxygen atoms in total. The van der Waals surface area contributed by atoms with E-state index in [-0.39, 0.29) is 11.4 Å². The van der Waals surface area contributed by atoms with E-state index < -0.39 is 0 Å². The minimum Gasteiger partial charge on any atom is -0.469 e. The van der Waals surface area contributed by atoms with Crippen LogP contribution in [0.4, 0.5) is 0 Å². The van der Waals surface area contributed by atoms with Gasteiger partial charge >= 0.3 is 5.97 Å². The molecule has 0 radical (unpaired) electrons. The fourth-order valence-electron chi connectivity index (χ4n) is 2.36. The Morgan fingerprint density at radius 2 is 1.44 bits per heavy atom. The number of carbonyl (C=O) groups excluding carboxylic acids is 1. The highest BCUT2D eigenvalue weighted by atomic mass is 16.5. The third-order valence-electron chi connectivity index (χ3n) is 3.93. The van der Waals surface area contributed by atoms with Crippen molar-refractivity contribution in [3.05, 3.63) is 48.6 Å². The molecule has 0 bridgehead atoms. The Kier molecular flexibility index (Phi) is 14.9. The number of ether oxygens (including phenoxy) is 1. The van der Waals surface area contributed by atoms with Gasteiger partial charge in [0.2, 0.25) is 0 Å². The first kappa shape index (κ1) is 23.4. The molecule has 0 saturated carbocycles. The molecule has 0 aliphatic rings. The van der Waals surface area contributed by atoms with Gasteiger partial charge in [0.15, 0.2) is 0 Å². The Morgan fingerprint density at radius 1 is 0.840 bits per heavy atom. The van der Waals surface area contributed by atoms with Crippen LogP contribution in [0, 0.1) is 5.41 Å². The van der Waals surface area contributed by atoms with Gasteiger partial charge in [0.25, 0.3) is 0 Å². The van der Waals surface area contributed by atoms with Crippen LogP contribution in [0.25, 0.3) is 0 Å². The van der Waals surface area contributed by atoms with Crippen molar-refractivity contribution >= 4 is 5.97 Å². The molecule has 0 heterocycles. The van der Waals surface area contributed by atoms with Crippen LogP contribution in [0.5, 0.6) is 0 Å². The minimum absolute atomic E-state index is 0.0539. The number of methoxy groups -OCH3 is 1. The van der Waals surface area contributed by atoms with Crippen molar-refractivity contribution in [3.8, 4) is 0 Å². The van der Waals surface area contributed by atoms with E-state index in [9.17, 15) is 4.79 Å². The Morgan fingerprint density at radius 3 is 2.12 bits per heavy atom. The average Bonchev–Trinajstić information content (AvgIpc) is 2.59. The molecule has 0 amide bonds. The quantitative estimate of drug-likeness (QED) is 0.193. The number of rotatable bonds is 14. The average molecular weight is 347 g/mol. The van der Waals surface area contributed by atoms with Gasteiger partial charge in [-0.2, -0.15) is 0 Å². The standard InChI is InChI=1S/C23H38O2/c1-5-6-7-8-9-10-11-12-13-14-17-20-23(2,3)21-18-15-16-19-22(24)25-4/h9-10,12-13,17-18,20-21H,5-8,11,14-16,19H2,1-4H3/b10-9-,13-12-,20-17-,21-18-. The number of carbonyl (C=O) groups is 1. The maximum absolute atomic E-state index is 11.0. The number of hydrogen-bond acceptors (Lipinski definition) is 2. The number of hydrogen-bond donors (Lipinski definition) is 0. The van der Waals surface area contributed by atoms with Crippen LogP contribution >= 0.6 is 0 Å². The molecule has 0 aromatic rings. The van der Waals surface area contributed by atoms with Gasteiger partial charge in [-0.15, -0.1) is 0 Å². The van der Waals surface area contributed by atoms with Gasteiger partial charge in [-0.3, -0.25) is 4.79 Å². The lowest BCUT2D eigenvalue weighted by atomic mass is 9.91. The topological polar surface area (TPSA) is 26.3 Å². The Balaban J connectivity index is 3.86. The maximum atomic E-state index is 11.0. The Labute approximate surface area is 155 Å². The molecule has 0 rings (SSSR count). The zero-order valence-electron chi connectivity index (χ0n) is 16.8. The third kappa shape index (κ3) is 17.1. The summed E-state index contributed by atoms with van der Waals surface area (Å²) in [4.78, 5) is 11.0. The van der Waals surface area contributed by atoms with Crippen LogP contribution in [0.15, 0.2) is 48.6 Å². The summed E-state index contributed by atoms with van der Waals surface area (Å²) >= 11 is 0. The molecule has 0 atom stereocenters. The molecule has 0 unspecified atom stereocenters. The molecule has 0 aromatic heterocycles. The van der Waals surface area contributed by atoms with Gasteiger partial charge < -0.3 is 4.74 Å². The zero-order chi connectivity index (χ0) is 18.8. The van der Waals surface area contributed by atoms with Gasteiger partial charge in [-0.1, -0.05) is 82.2 Å². The van der Waals surface area contributed by atoms with Crippen LogP contribution in [-0.4, -0.2) is 13.1 Å². The maximum Gasteiger partial charge on any atom is 0.305 e. The Hall–Kier alpha value is -1.57. The predicted octanol–water partition coefficient (Wildman–Crippen LogP) is 6.94. The van der Waals surface area contributed by atoms with Crippen molar-refractivity contribution in [2.45, 2.75) is 78.6 Å².